The number of nitrogens with zero attached hydrogens (tertiary/aromatic N) is 4. The van der Waals surface area contributed by atoms with Gasteiger partial charge in [-0.1, -0.05) is 30.3 Å². The van der Waals surface area contributed by atoms with Gasteiger partial charge in [0.15, 0.2) is 0 Å². The smallest absolute Gasteiger partial charge is 0.241 e. The first-order chi connectivity index (χ1) is 18.3. The van der Waals surface area contributed by atoms with E-state index in [0.29, 0.717) is 31.4 Å². The van der Waals surface area contributed by atoms with Crippen LogP contribution >= 0.6 is 0 Å². The van der Waals surface area contributed by atoms with Gasteiger partial charge in [-0.3, -0.25) is 4.90 Å². The Kier molecular flexibility index (Phi) is 7.00. The molecule has 9 nitrogen and oxygen atoms in total. The van der Waals surface area contributed by atoms with E-state index in [2.05, 4.69) is 27.0 Å². The molecule has 0 amide bonds. The molecule has 2 aromatic heterocycles. The predicted molar refractivity (Wildman–Crippen MR) is 140 cm³/mol. The molecule has 0 aliphatic carbocycles. The van der Waals surface area contributed by atoms with Crippen molar-refractivity contribution in [1.29, 1.82) is 0 Å². The monoisotopic (exact) mass is 502 g/mol. The van der Waals surface area contributed by atoms with Crippen molar-refractivity contribution in [2.24, 2.45) is 0 Å². The Bertz CT molecular complexity index is 1320. The Balaban J connectivity index is 1.32. The van der Waals surface area contributed by atoms with Gasteiger partial charge >= 0.3 is 0 Å². The van der Waals surface area contributed by atoms with Gasteiger partial charge in [-0.05, 0) is 29.8 Å². The van der Waals surface area contributed by atoms with Crippen LogP contribution in [0.25, 0.3) is 33.6 Å². The molecule has 2 saturated heterocycles. The highest BCUT2D eigenvalue weighted by atomic mass is 16.7. The zero-order valence-corrected chi connectivity index (χ0v) is 20.8. The lowest BCUT2D eigenvalue weighted by atomic mass is 9.99. The molecule has 2 aromatic carbocycles. The molecule has 0 N–H and O–H groups in total. The van der Waals surface area contributed by atoms with E-state index in [-0.39, 0.29) is 0 Å². The first kappa shape index (κ1) is 23.9. The van der Waals surface area contributed by atoms with E-state index in [9.17, 15) is 0 Å². The van der Waals surface area contributed by atoms with Crippen molar-refractivity contribution in [2.45, 2.75) is 6.41 Å². The highest BCUT2D eigenvalue weighted by Crippen LogP contribution is 2.43. The maximum absolute atomic E-state index is 6.37. The van der Waals surface area contributed by atoms with Gasteiger partial charge < -0.3 is 28.3 Å². The second kappa shape index (κ2) is 10.9. The molecule has 0 saturated carbocycles. The van der Waals surface area contributed by atoms with Crippen LogP contribution in [-0.4, -0.2) is 81.0 Å². The molecule has 2 aliphatic heterocycles. The molecule has 0 unspecified atom stereocenters. The van der Waals surface area contributed by atoms with Gasteiger partial charge in [0.2, 0.25) is 12.1 Å². The van der Waals surface area contributed by atoms with Crippen LogP contribution in [0.5, 0.6) is 5.75 Å². The summed E-state index contributed by atoms with van der Waals surface area (Å²) in [5, 5.41) is 0.816. The third kappa shape index (κ3) is 5.03. The second-order valence-electron chi connectivity index (χ2n) is 9.04. The van der Waals surface area contributed by atoms with Crippen molar-refractivity contribution in [1.82, 2.24) is 14.9 Å². The summed E-state index contributed by atoms with van der Waals surface area (Å²) >= 11 is 0. The SMILES string of the molecule is CN(c1ncnc2oc(-c3ccc(OCCN4CCOCC4)cc3)c(-c3ccccc3)c12)C1OCCO1. The van der Waals surface area contributed by atoms with Crippen LogP contribution in [-0.2, 0) is 14.2 Å². The summed E-state index contributed by atoms with van der Waals surface area (Å²) in [6.45, 7) is 6.10. The van der Waals surface area contributed by atoms with Crippen molar-refractivity contribution in [2.75, 3.05) is 64.6 Å². The lowest BCUT2D eigenvalue weighted by Gasteiger charge is -2.26. The number of ether oxygens (including phenoxy) is 4. The fourth-order valence-electron chi connectivity index (χ4n) is 4.76. The van der Waals surface area contributed by atoms with Crippen molar-refractivity contribution in [3.8, 4) is 28.2 Å². The minimum absolute atomic E-state index is 0.506. The lowest BCUT2D eigenvalue weighted by Crippen LogP contribution is -2.38. The zero-order valence-electron chi connectivity index (χ0n) is 20.8. The maximum Gasteiger partial charge on any atom is 0.241 e. The van der Waals surface area contributed by atoms with Gasteiger partial charge in [0.25, 0.3) is 0 Å². The number of furan rings is 1. The van der Waals surface area contributed by atoms with Crippen molar-refractivity contribution in [3.63, 3.8) is 0 Å². The van der Waals surface area contributed by atoms with Gasteiger partial charge in [0.05, 0.1) is 31.8 Å². The summed E-state index contributed by atoms with van der Waals surface area (Å²) < 4.78 is 29.3. The number of benzene rings is 2. The van der Waals surface area contributed by atoms with E-state index in [1.54, 1.807) is 0 Å². The molecule has 4 heterocycles. The first-order valence-corrected chi connectivity index (χ1v) is 12.6. The largest absolute Gasteiger partial charge is 0.492 e. The summed E-state index contributed by atoms with van der Waals surface area (Å²) in [6.07, 6.45) is 1.00. The standard InChI is InChI=1S/C28H30N4O5/c1-31(28-35-17-18-36-28)26-24-23(20-5-3-2-4-6-20)25(37-27(24)30-19-29-26)21-7-9-22(10-8-21)34-16-13-32-11-14-33-15-12-32/h2-10,19,28H,11-18H2,1H3. The quantitative estimate of drug-likeness (QED) is 0.355. The number of hydrogen-bond acceptors (Lipinski definition) is 9. The molecule has 6 rings (SSSR count). The first-order valence-electron chi connectivity index (χ1n) is 12.6. The fourth-order valence-corrected chi connectivity index (χ4v) is 4.76. The van der Waals surface area contributed by atoms with Crippen LogP contribution < -0.4 is 9.64 Å². The molecule has 2 fully saturated rings. The van der Waals surface area contributed by atoms with Gasteiger partial charge in [0, 0.05) is 37.8 Å². The molecule has 192 valence electrons. The molecule has 37 heavy (non-hydrogen) atoms. The van der Waals surface area contributed by atoms with Gasteiger partial charge in [-0.2, -0.15) is 0 Å². The Morgan fingerprint density at radius 3 is 2.43 bits per heavy atom. The molecule has 0 spiro atoms. The molecule has 0 atom stereocenters. The molecule has 0 bridgehead atoms. The van der Waals surface area contributed by atoms with Crippen LogP contribution in [0.15, 0.2) is 65.3 Å². The summed E-state index contributed by atoms with van der Waals surface area (Å²) in [4.78, 5) is 13.3. The number of fused-ring (bicyclic) bond motifs is 1. The van der Waals surface area contributed by atoms with Crippen LogP contribution in [0.3, 0.4) is 0 Å². The highest BCUT2D eigenvalue weighted by molar-refractivity contribution is 6.06. The Morgan fingerprint density at radius 2 is 1.68 bits per heavy atom. The van der Waals surface area contributed by atoms with Crippen molar-refractivity contribution >= 4 is 16.9 Å². The van der Waals surface area contributed by atoms with Crippen LogP contribution in [0.2, 0.25) is 0 Å². The summed E-state index contributed by atoms with van der Waals surface area (Å²) in [7, 11) is 1.91. The normalized spacial score (nSPS) is 16.9. The maximum atomic E-state index is 6.37. The van der Waals surface area contributed by atoms with Crippen LogP contribution in [0.4, 0.5) is 5.82 Å². The Hall–Kier alpha value is -3.50. The third-order valence-electron chi connectivity index (χ3n) is 6.68. The van der Waals surface area contributed by atoms with Crippen molar-refractivity contribution < 1.29 is 23.4 Å². The summed E-state index contributed by atoms with van der Waals surface area (Å²) in [5.41, 5.74) is 3.38. The number of anilines is 1. The van der Waals surface area contributed by atoms with E-state index >= 15 is 0 Å². The zero-order chi connectivity index (χ0) is 25.0. The Morgan fingerprint density at radius 1 is 0.919 bits per heavy atom. The minimum atomic E-state index is -0.506. The van der Waals surface area contributed by atoms with E-state index in [4.69, 9.17) is 23.4 Å². The second-order valence-corrected chi connectivity index (χ2v) is 9.04. The van der Waals surface area contributed by atoms with Gasteiger partial charge in [-0.25, -0.2) is 9.97 Å². The van der Waals surface area contributed by atoms with Gasteiger partial charge in [0.1, 0.15) is 30.3 Å². The topological polar surface area (TPSA) is 82.3 Å². The number of aromatic nitrogens is 2. The number of rotatable bonds is 8. The molecule has 0 radical (unpaired) electrons. The lowest BCUT2D eigenvalue weighted by molar-refractivity contribution is -0.0392. The predicted octanol–water partition coefficient (Wildman–Crippen LogP) is 4.03. The molecular formula is C28H30N4O5. The fraction of sp³-hybridized carbons (Fsp3) is 0.357. The molecule has 9 heteroatoms. The third-order valence-corrected chi connectivity index (χ3v) is 6.68. The molecule has 4 aromatic rings. The molecule has 2 aliphatic rings. The van der Waals surface area contributed by atoms with Crippen LogP contribution in [0, 0.1) is 0 Å². The van der Waals surface area contributed by atoms with Crippen LogP contribution in [0.1, 0.15) is 0 Å². The average Bonchev–Trinajstić information content (AvgIpc) is 3.63. The van der Waals surface area contributed by atoms with E-state index in [0.717, 1.165) is 66.4 Å². The van der Waals surface area contributed by atoms with E-state index in [1.807, 2.05) is 54.4 Å². The highest BCUT2D eigenvalue weighted by Gasteiger charge is 2.28. The van der Waals surface area contributed by atoms with E-state index in [1.165, 1.54) is 6.33 Å². The minimum Gasteiger partial charge on any atom is -0.492 e. The van der Waals surface area contributed by atoms with Crippen molar-refractivity contribution in [3.05, 3.63) is 60.9 Å². The number of morpholine rings is 1. The number of hydrogen-bond donors (Lipinski definition) is 0. The van der Waals surface area contributed by atoms with E-state index < -0.39 is 6.41 Å². The van der Waals surface area contributed by atoms with Gasteiger partial charge in [-0.15, -0.1) is 0 Å². The Labute approximate surface area is 215 Å². The summed E-state index contributed by atoms with van der Waals surface area (Å²) in [6, 6.07) is 18.2. The summed E-state index contributed by atoms with van der Waals surface area (Å²) in [5.74, 6) is 2.24. The average molecular weight is 503 g/mol. The molecular weight excluding hydrogens is 472 g/mol.